The van der Waals surface area contributed by atoms with E-state index in [9.17, 15) is 4.79 Å². The summed E-state index contributed by atoms with van der Waals surface area (Å²) >= 11 is 0. The fourth-order valence-electron chi connectivity index (χ4n) is 3.19. The predicted molar refractivity (Wildman–Crippen MR) is 116 cm³/mol. The molecular weight excluding hydrogens is 378 g/mol. The van der Waals surface area contributed by atoms with Crippen molar-refractivity contribution in [2.75, 3.05) is 42.9 Å². The van der Waals surface area contributed by atoms with Crippen LogP contribution in [0.1, 0.15) is 0 Å². The number of nitrogens with zero attached hydrogens (tertiary/aromatic N) is 6. The highest BCUT2D eigenvalue weighted by Crippen LogP contribution is 2.20. The Hall–Kier alpha value is -3.65. The van der Waals surface area contributed by atoms with Gasteiger partial charge in [-0.2, -0.15) is 10.2 Å². The lowest BCUT2D eigenvalue weighted by Crippen LogP contribution is -2.49. The monoisotopic (exact) mass is 401 g/mol. The van der Waals surface area contributed by atoms with Crippen molar-refractivity contribution in [3.05, 3.63) is 73.1 Å². The molecule has 8 heteroatoms. The number of piperazine rings is 1. The van der Waals surface area contributed by atoms with Crippen molar-refractivity contribution >= 4 is 28.9 Å². The quantitative estimate of drug-likeness (QED) is 0.637. The lowest BCUT2D eigenvalue weighted by molar-refractivity contribution is -0.117. The minimum atomic E-state index is -0.0296. The Morgan fingerprint density at radius 2 is 1.47 bits per heavy atom. The van der Waals surface area contributed by atoms with Crippen LogP contribution in [0, 0.1) is 0 Å². The number of aromatic nitrogens is 2. The average Bonchev–Trinajstić information content (AvgIpc) is 2.80. The first kappa shape index (κ1) is 19.7. The van der Waals surface area contributed by atoms with Gasteiger partial charge in [-0.25, -0.2) is 9.97 Å². The van der Waals surface area contributed by atoms with Gasteiger partial charge in [-0.05, 0) is 42.5 Å². The summed E-state index contributed by atoms with van der Waals surface area (Å²) in [6, 6.07) is 18.7. The Morgan fingerprint density at radius 3 is 2.13 bits per heavy atom. The van der Waals surface area contributed by atoms with Gasteiger partial charge in [0.15, 0.2) is 0 Å². The summed E-state index contributed by atoms with van der Waals surface area (Å²) in [5.41, 5.74) is 2.28. The molecule has 8 nitrogen and oxygen atoms in total. The molecular formula is C22H23N7O. The maximum absolute atomic E-state index is 12.4. The first-order chi connectivity index (χ1) is 14.8. The Labute approximate surface area is 175 Å². The van der Waals surface area contributed by atoms with Crippen LogP contribution in [0.5, 0.6) is 0 Å². The van der Waals surface area contributed by atoms with Crippen LogP contribution in [0.4, 0.5) is 23.0 Å². The summed E-state index contributed by atoms with van der Waals surface area (Å²) in [6.45, 7) is 3.56. The first-order valence-electron chi connectivity index (χ1n) is 9.87. The van der Waals surface area contributed by atoms with Crippen molar-refractivity contribution in [2.45, 2.75) is 0 Å². The van der Waals surface area contributed by atoms with Gasteiger partial charge in [0.25, 0.3) is 0 Å². The van der Waals surface area contributed by atoms with Gasteiger partial charge >= 0.3 is 0 Å². The number of carbonyl (C=O) groups is 1. The third-order valence-corrected chi connectivity index (χ3v) is 4.76. The molecule has 2 heterocycles. The molecule has 0 unspecified atom stereocenters. The van der Waals surface area contributed by atoms with Crippen molar-refractivity contribution in [2.24, 2.45) is 10.2 Å². The lowest BCUT2D eigenvalue weighted by atomic mass is 10.2. The zero-order valence-electron chi connectivity index (χ0n) is 16.6. The van der Waals surface area contributed by atoms with E-state index in [2.05, 4.69) is 35.3 Å². The molecule has 1 aromatic heterocycles. The molecule has 0 radical (unpaired) electrons. The summed E-state index contributed by atoms with van der Waals surface area (Å²) < 4.78 is 0. The van der Waals surface area contributed by atoms with Crippen molar-refractivity contribution in [1.82, 2.24) is 14.9 Å². The van der Waals surface area contributed by atoms with Gasteiger partial charge in [-0.15, -0.1) is 0 Å². The minimum absolute atomic E-state index is 0.0296. The van der Waals surface area contributed by atoms with Crippen LogP contribution in [0.3, 0.4) is 0 Å². The van der Waals surface area contributed by atoms with E-state index in [1.54, 1.807) is 12.4 Å². The molecule has 2 aromatic carbocycles. The molecule has 0 aliphatic carbocycles. The molecule has 1 aliphatic rings. The Balaban J connectivity index is 1.24. The normalized spacial score (nSPS) is 14.7. The highest BCUT2D eigenvalue weighted by molar-refractivity contribution is 5.92. The maximum Gasteiger partial charge on any atom is 0.238 e. The molecule has 0 spiro atoms. The van der Waals surface area contributed by atoms with E-state index in [4.69, 9.17) is 0 Å². The maximum atomic E-state index is 12.4. The Morgan fingerprint density at radius 1 is 0.833 bits per heavy atom. The van der Waals surface area contributed by atoms with Crippen LogP contribution >= 0.6 is 0 Å². The van der Waals surface area contributed by atoms with Crippen LogP contribution in [-0.4, -0.2) is 53.5 Å². The van der Waals surface area contributed by atoms with E-state index in [-0.39, 0.29) is 5.91 Å². The zero-order chi connectivity index (χ0) is 20.6. The van der Waals surface area contributed by atoms with Crippen LogP contribution in [0.2, 0.25) is 0 Å². The van der Waals surface area contributed by atoms with Gasteiger partial charge in [-0.3, -0.25) is 9.69 Å². The summed E-state index contributed by atoms with van der Waals surface area (Å²) in [5.74, 6) is 0.712. The molecule has 1 fully saturated rings. The highest BCUT2D eigenvalue weighted by Gasteiger charge is 2.20. The SMILES string of the molecule is O=C(CN1CCN(c2ncccn2)CC1)Nc1ccc(N=Nc2ccccc2)cc1. The number of carbonyl (C=O) groups excluding carboxylic acids is 1. The molecule has 1 aliphatic heterocycles. The number of rotatable bonds is 6. The average molecular weight is 401 g/mol. The number of anilines is 2. The first-order valence-corrected chi connectivity index (χ1v) is 9.87. The molecule has 1 N–H and O–H groups in total. The second-order valence-corrected chi connectivity index (χ2v) is 6.94. The smallest absolute Gasteiger partial charge is 0.238 e. The summed E-state index contributed by atoms with van der Waals surface area (Å²) in [6.07, 6.45) is 3.49. The number of benzene rings is 2. The third kappa shape index (κ3) is 5.45. The van der Waals surface area contributed by atoms with Crippen molar-refractivity contribution in [3.8, 4) is 0 Å². The number of hydrogen-bond acceptors (Lipinski definition) is 7. The van der Waals surface area contributed by atoms with E-state index in [1.807, 2.05) is 60.7 Å². The van der Waals surface area contributed by atoms with Crippen molar-refractivity contribution in [3.63, 3.8) is 0 Å². The fraction of sp³-hybridized carbons (Fsp3) is 0.227. The van der Waals surface area contributed by atoms with Gasteiger partial charge in [0, 0.05) is 44.3 Å². The Kier molecular flexibility index (Phi) is 6.36. The number of amides is 1. The Bertz CT molecular complexity index is 969. The van der Waals surface area contributed by atoms with Crippen molar-refractivity contribution in [1.29, 1.82) is 0 Å². The lowest BCUT2D eigenvalue weighted by Gasteiger charge is -2.34. The third-order valence-electron chi connectivity index (χ3n) is 4.76. The van der Waals surface area contributed by atoms with E-state index in [0.29, 0.717) is 6.54 Å². The summed E-state index contributed by atoms with van der Waals surface area (Å²) in [7, 11) is 0. The second kappa shape index (κ2) is 9.71. The van der Waals surface area contributed by atoms with Crippen LogP contribution in [-0.2, 0) is 4.79 Å². The van der Waals surface area contributed by atoms with Gasteiger partial charge in [0.1, 0.15) is 0 Å². The van der Waals surface area contributed by atoms with Gasteiger partial charge in [0.2, 0.25) is 11.9 Å². The van der Waals surface area contributed by atoms with Gasteiger partial charge in [-0.1, -0.05) is 18.2 Å². The largest absolute Gasteiger partial charge is 0.338 e. The predicted octanol–water partition coefficient (Wildman–Crippen LogP) is 3.65. The molecule has 0 atom stereocenters. The topological polar surface area (TPSA) is 86.1 Å². The summed E-state index contributed by atoms with van der Waals surface area (Å²) in [5, 5.41) is 11.3. The molecule has 1 saturated heterocycles. The van der Waals surface area contributed by atoms with Crippen LogP contribution in [0.25, 0.3) is 0 Å². The fourth-order valence-corrected chi connectivity index (χ4v) is 3.19. The van der Waals surface area contributed by atoms with Crippen LogP contribution in [0.15, 0.2) is 83.3 Å². The van der Waals surface area contributed by atoms with E-state index in [1.165, 1.54) is 0 Å². The van der Waals surface area contributed by atoms with E-state index < -0.39 is 0 Å². The van der Waals surface area contributed by atoms with Crippen LogP contribution < -0.4 is 10.2 Å². The molecule has 1 amide bonds. The summed E-state index contributed by atoms with van der Waals surface area (Å²) in [4.78, 5) is 25.2. The van der Waals surface area contributed by atoms with Crippen molar-refractivity contribution < 1.29 is 4.79 Å². The number of azo groups is 1. The number of nitrogens with one attached hydrogen (secondary N) is 1. The number of hydrogen-bond donors (Lipinski definition) is 1. The molecule has 3 aromatic rings. The van der Waals surface area contributed by atoms with E-state index >= 15 is 0 Å². The second-order valence-electron chi connectivity index (χ2n) is 6.94. The molecule has 0 saturated carbocycles. The minimum Gasteiger partial charge on any atom is -0.338 e. The van der Waals surface area contributed by atoms with Gasteiger partial charge < -0.3 is 10.2 Å². The molecule has 4 rings (SSSR count). The van der Waals surface area contributed by atoms with E-state index in [0.717, 1.165) is 49.2 Å². The standard InChI is InChI=1S/C22H23N7O/c30-21(17-28-13-15-29(16-14-28)22-23-11-4-12-24-22)25-18-7-9-20(10-8-18)27-26-19-5-2-1-3-6-19/h1-12H,13-17H2,(H,25,30). The highest BCUT2D eigenvalue weighted by atomic mass is 16.2. The van der Waals surface area contributed by atoms with Gasteiger partial charge in [0.05, 0.1) is 17.9 Å². The molecule has 30 heavy (non-hydrogen) atoms. The zero-order valence-corrected chi connectivity index (χ0v) is 16.6. The molecule has 0 bridgehead atoms. The molecule has 152 valence electrons.